The minimum absolute atomic E-state index is 0.170. The van der Waals surface area contributed by atoms with Crippen molar-refractivity contribution in [1.82, 2.24) is 9.78 Å². The number of ether oxygens (including phenoxy) is 1. The third-order valence-electron chi connectivity index (χ3n) is 5.21. The molecule has 0 aliphatic heterocycles. The van der Waals surface area contributed by atoms with E-state index in [1.54, 1.807) is 12.3 Å². The highest BCUT2D eigenvalue weighted by Crippen LogP contribution is 2.32. The van der Waals surface area contributed by atoms with Crippen molar-refractivity contribution in [3.05, 3.63) is 85.6 Å². The summed E-state index contributed by atoms with van der Waals surface area (Å²) in [6.45, 7) is 11.4. The highest BCUT2D eigenvalue weighted by Gasteiger charge is 2.23. The molecule has 0 fully saturated rings. The van der Waals surface area contributed by atoms with Crippen LogP contribution < -0.4 is 0 Å². The van der Waals surface area contributed by atoms with Crippen molar-refractivity contribution in [2.75, 3.05) is 0 Å². The summed E-state index contributed by atoms with van der Waals surface area (Å²) in [6, 6.07) is 9.96. The number of carbonyl (C=O) groups excluding carboxylic acids is 1. The molecule has 3 aromatic rings. The van der Waals surface area contributed by atoms with E-state index < -0.39 is 0 Å². The number of ketones is 1. The fraction of sp³-hybridized carbons (Fsp3) is 0.360. The molecule has 0 atom stereocenters. The molecular formula is C25H28Cl2N2O2. The molecule has 0 aliphatic carbocycles. The van der Waals surface area contributed by atoms with Crippen LogP contribution in [-0.4, -0.2) is 15.6 Å². The number of aromatic nitrogens is 2. The van der Waals surface area contributed by atoms with E-state index >= 15 is 0 Å². The Morgan fingerprint density at radius 1 is 1.03 bits per heavy atom. The summed E-state index contributed by atoms with van der Waals surface area (Å²) in [5, 5.41) is 5.44. The zero-order chi connectivity index (χ0) is 22.7. The highest BCUT2D eigenvalue weighted by atomic mass is 35.5. The van der Waals surface area contributed by atoms with Gasteiger partial charge in [-0.1, -0.05) is 66.9 Å². The molecule has 2 aromatic carbocycles. The van der Waals surface area contributed by atoms with Crippen molar-refractivity contribution in [1.29, 1.82) is 0 Å². The SMILES string of the molecule is Cc1ccc(COCc2c(C(=O)c3cc(C)c(Cl)c(C)c3Cl)cnn2CC(C)C)cc1. The lowest BCUT2D eigenvalue weighted by molar-refractivity contribution is 0.0959. The number of nitrogens with zero attached hydrogens (tertiary/aromatic N) is 2. The number of hydrogen-bond acceptors (Lipinski definition) is 3. The van der Waals surface area contributed by atoms with Crippen molar-refractivity contribution in [2.45, 2.75) is 54.4 Å². The van der Waals surface area contributed by atoms with Crippen LogP contribution in [0.15, 0.2) is 36.5 Å². The Balaban J connectivity index is 1.90. The third-order valence-corrected chi connectivity index (χ3v) is 6.27. The molecule has 0 amide bonds. The molecule has 6 heteroatoms. The summed E-state index contributed by atoms with van der Waals surface area (Å²) in [6.07, 6.45) is 1.62. The summed E-state index contributed by atoms with van der Waals surface area (Å²) in [7, 11) is 0. The minimum atomic E-state index is -0.170. The second kappa shape index (κ2) is 9.99. The number of hydrogen-bond donors (Lipinski definition) is 0. The number of carbonyl (C=O) groups is 1. The van der Waals surface area contributed by atoms with Gasteiger partial charge < -0.3 is 4.74 Å². The van der Waals surface area contributed by atoms with Crippen LogP contribution in [0, 0.1) is 26.7 Å². The van der Waals surface area contributed by atoms with Crippen molar-refractivity contribution in [2.24, 2.45) is 5.92 Å². The van der Waals surface area contributed by atoms with Gasteiger partial charge in [-0.15, -0.1) is 0 Å². The Morgan fingerprint density at radius 3 is 2.35 bits per heavy atom. The molecule has 0 N–H and O–H groups in total. The lowest BCUT2D eigenvalue weighted by Crippen LogP contribution is -2.14. The van der Waals surface area contributed by atoms with Crippen LogP contribution >= 0.6 is 23.2 Å². The second-order valence-corrected chi connectivity index (χ2v) is 9.14. The molecule has 0 saturated heterocycles. The first-order valence-corrected chi connectivity index (χ1v) is 11.1. The van der Waals surface area contributed by atoms with Crippen LogP contribution in [-0.2, 0) is 24.5 Å². The first-order chi connectivity index (χ1) is 14.7. The van der Waals surface area contributed by atoms with Crippen molar-refractivity contribution >= 4 is 29.0 Å². The predicted octanol–water partition coefficient (Wildman–Crippen LogP) is 6.72. The average molecular weight is 459 g/mol. The van der Waals surface area contributed by atoms with Gasteiger partial charge in [0.15, 0.2) is 5.78 Å². The molecule has 1 aromatic heterocycles. The van der Waals surface area contributed by atoms with E-state index in [4.69, 9.17) is 27.9 Å². The third kappa shape index (κ3) is 5.38. The molecular weight excluding hydrogens is 431 g/mol. The van der Waals surface area contributed by atoms with Gasteiger partial charge in [0.2, 0.25) is 0 Å². The molecule has 164 valence electrons. The van der Waals surface area contributed by atoms with Gasteiger partial charge in [-0.3, -0.25) is 9.48 Å². The van der Waals surface area contributed by atoms with Crippen LogP contribution in [0.4, 0.5) is 0 Å². The zero-order valence-electron chi connectivity index (χ0n) is 18.6. The Morgan fingerprint density at radius 2 is 1.71 bits per heavy atom. The largest absolute Gasteiger partial charge is 0.370 e. The monoisotopic (exact) mass is 458 g/mol. The average Bonchev–Trinajstić information content (AvgIpc) is 3.12. The summed E-state index contributed by atoms with van der Waals surface area (Å²) < 4.78 is 7.84. The van der Waals surface area contributed by atoms with E-state index in [1.165, 1.54) is 5.56 Å². The van der Waals surface area contributed by atoms with Crippen LogP contribution in [0.5, 0.6) is 0 Å². The number of benzene rings is 2. The molecule has 31 heavy (non-hydrogen) atoms. The molecule has 1 heterocycles. The molecule has 0 bridgehead atoms. The van der Waals surface area contributed by atoms with Gasteiger partial charge >= 0.3 is 0 Å². The van der Waals surface area contributed by atoms with Gasteiger partial charge in [0.05, 0.1) is 35.7 Å². The smallest absolute Gasteiger partial charge is 0.198 e. The zero-order valence-corrected chi connectivity index (χ0v) is 20.1. The highest BCUT2D eigenvalue weighted by molar-refractivity contribution is 6.39. The minimum Gasteiger partial charge on any atom is -0.370 e. The number of halogens is 2. The predicted molar refractivity (Wildman–Crippen MR) is 126 cm³/mol. The summed E-state index contributed by atoms with van der Waals surface area (Å²) in [4.78, 5) is 13.4. The van der Waals surface area contributed by atoms with E-state index in [-0.39, 0.29) is 12.4 Å². The Hall–Kier alpha value is -2.14. The maximum atomic E-state index is 13.4. The second-order valence-electron chi connectivity index (χ2n) is 8.38. The molecule has 0 unspecified atom stereocenters. The first kappa shape index (κ1) is 23.5. The summed E-state index contributed by atoms with van der Waals surface area (Å²) in [5.74, 6) is 0.208. The van der Waals surface area contributed by atoms with E-state index in [9.17, 15) is 4.79 Å². The molecule has 0 radical (unpaired) electrons. The first-order valence-electron chi connectivity index (χ1n) is 10.4. The molecule has 4 nitrogen and oxygen atoms in total. The molecule has 3 rings (SSSR count). The summed E-state index contributed by atoms with van der Waals surface area (Å²) in [5.41, 5.74) is 5.51. The maximum absolute atomic E-state index is 13.4. The van der Waals surface area contributed by atoms with Gasteiger partial charge in [-0.25, -0.2) is 0 Å². The Kier molecular flexibility index (Phi) is 7.58. The van der Waals surface area contributed by atoms with Crippen molar-refractivity contribution < 1.29 is 9.53 Å². The van der Waals surface area contributed by atoms with Gasteiger partial charge in [-0.05, 0) is 49.4 Å². The Labute approximate surface area is 194 Å². The normalized spacial score (nSPS) is 11.4. The Bertz CT molecular complexity index is 1090. The standard InChI is InChI=1S/C25H28Cl2N2O2/c1-15(2)12-29-22(14-31-13-19-8-6-16(3)7-9-19)21(11-28-29)25(30)20-10-17(4)23(26)18(5)24(20)27/h6-11,15H,12-14H2,1-5H3. The fourth-order valence-electron chi connectivity index (χ4n) is 3.45. The van der Waals surface area contributed by atoms with Crippen LogP contribution in [0.3, 0.4) is 0 Å². The van der Waals surface area contributed by atoms with Gasteiger partial charge in [0.1, 0.15) is 0 Å². The molecule has 0 aliphatic rings. The van der Waals surface area contributed by atoms with Crippen LogP contribution in [0.2, 0.25) is 10.0 Å². The summed E-state index contributed by atoms with van der Waals surface area (Å²) >= 11 is 12.8. The van der Waals surface area contributed by atoms with Gasteiger partial charge in [0.25, 0.3) is 0 Å². The number of aryl methyl sites for hydroxylation is 2. The lowest BCUT2D eigenvalue weighted by atomic mass is 9.99. The topological polar surface area (TPSA) is 44.1 Å². The quantitative estimate of drug-likeness (QED) is 0.351. The maximum Gasteiger partial charge on any atom is 0.198 e. The molecule has 0 saturated carbocycles. The fourth-order valence-corrected chi connectivity index (χ4v) is 3.89. The van der Waals surface area contributed by atoms with E-state index in [2.05, 4.69) is 38.0 Å². The van der Waals surface area contributed by atoms with Crippen LogP contribution in [0.1, 0.15) is 57.7 Å². The van der Waals surface area contributed by atoms with Crippen molar-refractivity contribution in [3.63, 3.8) is 0 Å². The van der Waals surface area contributed by atoms with E-state index in [1.807, 2.05) is 30.7 Å². The number of rotatable bonds is 8. The van der Waals surface area contributed by atoms with E-state index in [0.717, 1.165) is 16.8 Å². The van der Waals surface area contributed by atoms with Crippen molar-refractivity contribution in [3.8, 4) is 0 Å². The van der Waals surface area contributed by atoms with Crippen LogP contribution in [0.25, 0.3) is 0 Å². The van der Waals surface area contributed by atoms with Gasteiger partial charge in [-0.2, -0.15) is 5.10 Å². The van der Waals surface area contributed by atoms with E-state index in [0.29, 0.717) is 45.8 Å². The molecule has 0 spiro atoms. The van der Waals surface area contributed by atoms with Gasteiger partial charge in [0, 0.05) is 17.1 Å². The lowest BCUT2D eigenvalue weighted by Gasteiger charge is -2.14.